The Labute approximate surface area is 251 Å². The molecular weight excluding hydrogens is 512 g/mol. The van der Waals surface area contributed by atoms with Crippen LogP contribution in [0.15, 0.2) is 30.3 Å². The van der Waals surface area contributed by atoms with Crippen LogP contribution in [0.4, 0.5) is 0 Å². The first-order valence-electron chi connectivity index (χ1n) is 16.8. The van der Waals surface area contributed by atoms with Gasteiger partial charge < -0.3 is 20.9 Å². The molecule has 1 rings (SSSR count). The number of esters is 2. The van der Waals surface area contributed by atoms with Crippen molar-refractivity contribution in [2.24, 2.45) is 11.7 Å². The largest absolute Gasteiger partial charge is 0.392 e. The fraction of sp³-hybridized carbons (Fsp3) is 0.771. The summed E-state index contributed by atoms with van der Waals surface area (Å²) in [5.74, 6) is -1.45. The summed E-state index contributed by atoms with van der Waals surface area (Å²) in [6.07, 6.45) is 21.6. The van der Waals surface area contributed by atoms with E-state index >= 15 is 0 Å². The number of ether oxygens (including phenoxy) is 1. The molecule has 0 aliphatic carbocycles. The monoisotopic (exact) mass is 574 g/mol. The molecule has 41 heavy (non-hydrogen) atoms. The zero-order chi connectivity index (χ0) is 30.1. The molecule has 2 unspecified atom stereocenters. The molecule has 0 amide bonds. The van der Waals surface area contributed by atoms with Crippen LogP contribution < -0.4 is 11.1 Å². The summed E-state index contributed by atoms with van der Waals surface area (Å²) in [6, 6.07) is 9.08. The highest BCUT2D eigenvalue weighted by Gasteiger charge is 2.24. The van der Waals surface area contributed by atoms with Crippen molar-refractivity contribution in [1.29, 1.82) is 0 Å². The Bertz CT molecular complexity index is 771. The summed E-state index contributed by atoms with van der Waals surface area (Å²) < 4.78 is 4.88. The van der Waals surface area contributed by atoms with Crippen LogP contribution in [0.25, 0.3) is 0 Å². The van der Waals surface area contributed by atoms with Crippen molar-refractivity contribution in [2.45, 2.75) is 161 Å². The zero-order valence-corrected chi connectivity index (χ0v) is 26.6. The normalized spacial score (nSPS) is 13.7. The minimum Gasteiger partial charge on any atom is -0.392 e. The van der Waals surface area contributed by atoms with Crippen molar-refractivity contribution in [3.05, 3.63) is 35.9 Å². The number of benzene rings is 1. The van der Waals surface area contributed by atoms with Crippen LogP contribution in [-0.4, -0.2) is 41.8 Å². The lowest BCUT2D eigenvalue weighted by Gasteiger charge is -2.24. The molecule has 4 N–H and O–H groups in total. The number of aliphatic hydroxyl groups excluding tert-OH is 1. The number of aliphatic hydroxyl groups is 1. The minimum absolute atomic E-state index is 0.0241. The first kappa shape index (κ1) is 37.3. The maximum Gasteiger partial charge on any atom is 0.330 e. The number of nitrogens with one attached hydrogen (secondary N) is 1. The second-order valence-electron chi connectivity index (χ2n) is 12.2. The van der Waals surface area contributed by atoms with Crippen molar-refractivity contribution < 1.29 is 19.4 Å². The highest BCUT2D eigenvalue weighted by molar-refractivity contribution is 5.88. The van der Waals surface area contributed by atoms with E-state index in [1.54, 1.807) is 13.8 Å². The third kappa shape index (κ3) is 19.9. The SMILES string of the molecule is CCCCCCCCCCCCCCCCCCNC(Cc1ccccc1)C(O)CCC(=O)OC(=O)[C@@H](N)C(C)C. The van der Waals surface area contributed by atoms with Gasteiger partial charge in [-0.15, -0.1) is 0 Å². The Kier molecular flexibility index (Phi) is 22.5. The first-order valence-corrected chi connectivity index (χ1v) is 16.8. The lowest BCUT2D eigenvalue weighted by molar-refractivity contribution is -0.161. The molecule has 0 aromatic heterocycles. The molecule has 0 bridgehead atoms. The second-order valence-corrected chi connectivity index (χ2v) is 12.2. The number of nitrogens with two attached hydrogens (primary N) is 1. The Morgan fingerprint density at radius 1 is 0.805 bits per heavy atom. The van der Waals surface area contributed by atoms with Crippen LogP contribution in [0, 0.1) is 5.92 Å². The standard InChI is InChI=1S/C35H62N2O4/c1-4-5-6-7-8-9-10-11-12-13-14-15-16-17-18-22-27-37-31(28-30-23-20-19-21-24-30)32(38)25-26-33(39)41-35(40)34(36)29(2)3/h19-21,23-24,29,31-32,34,37-38H,4-18,22,25-28,36H2,1-3H3/t31?,32?,34-/m0/s1. The highest BCUT2D eigenvalue weighted by Crippen LogP contribution is 2.15. The Hall–Kier alpha value is -1.76. The fourth-order valence-corrected chi connectivity index (χ4v) is 5.14. The lowest BCUT2D eigenvalue weighted by Crippen LogP contribution is -2.42. The van der Waals surface area contributed by atoms with Crippen LogP contribution in [0.3, 0.4) is 0 Å². The van der Waals surface area contributed by atoms with E-state index in [0.29, 0.717) is 6.42 Å². The van der Waals surface area contributed by atoms with E-state index in [1.807, 2.05) is 18.2 Å². The number of unbranched alkanes of at least 4 members (excludes halogenated alkanes) is 15. The maximum atomic E-state index is 12.2. The van der Waals surface area contributed by atoms with Crippen LogP contribution >= 0.6 is 0 Å². The molecule has 0 aliphatic heterocycles. The maximum absolute atomic E-state index is 12.2. The number of hydrogen-bond acceptors (Lipinski definition) is 6. The molecule has 0 fully saturated rings. The van der Waals surface area contributed by atoms with Gasteiger partial charge >= 0.3 is 11.9 Å². The van der Waals surface area contributed by atoms with E-state index < -0.39 is 24.1 Å². The summed E-state index contributed by atoms with van der Waals surface area (Å²) >= 11 is 0. The van der Waals surface area contributed by atoms with E-state index in [2.05, 4.69) is 24.4 Å². The van der Waals surface area contributed by atoms with Gasteiger partial charge in [-0.3, -0.25) is 4.79 Å². The topological polar surface area (TPSA) is 102 Å². The van der Waals surface area contributed by atoms with Gasteiger partial charge in [0.2, 0.25) is 0 Å². The van der Waals surface area contributed by atoms with Gasteiger partial charge in [0.25, 0.3) is 0 Å². The Morgan fingerprint density at radius 2 is 1.29 bits per heavy atom. The van der Waals surface area contributed by atoms with Crippen molar-refractivity contribution in [2.75, 3.05) is 6.54 Å². The van der Waals surface area contributed by atoms with Crippen molar-refractivity contribution in [3.8, 4) is 0 Å². The van der Waals surface area contributed by atoms with Crippen molar-refractivity contribution in [1.82, 2.24) is 5.32 Å². The van der Waals surface area contributed by atoms with Gasteiger partial charge in [0.05, 0.1) is 6.10 Å². The van der Waals surface area contributed by atoms with E-state index in [9.17, 15) is 14.7 Å². The minimum atomic E-state index is -0.823. The summed E-state index contributed by atoms with van der Waals surface area (Å²) in [6.45, 7) is 6.72. The molecule has 1 aromatic rings. The average molecular weight is 575 g/mol. The number of carbonyl (C=O) groups is 2. The predicted octanol–water partition coefficient (Wildman–Crippen LogP) is 7.64. The van der Waals surface area contributed by atoms with Gasteiger partial charge in [0, 0.05) is 12.5 Å². The quantitative estimate of drug-likeness (QED) is 0.0597. The molecule has 0 radical (unpaired) electrons. The van der Waals surface area contributed by atoms with E-state index in [1.165, 1.54) is 96.3 Å². The van der Waals surface area contributed by atoms with Gasteiger partial charge in [-0.2, -0.15) is 0 Å². The van der Waals surface area contributed by atoms with Crippen molar-refractivity contribution in [3.63, 3.8) is 0 Å². The van der Waals surface area contributed by atoms with E-state index in [0.717, 1.165) is 18.5 Å². The van der Waals surface area contributed by atoms with Crippen LogP contribution in [-0.2, 0) is 20.7 Å². The van der Waals surface area contributed by atoms with Gasteiger partial charge in [0.1, 0.15) is 6.04 Å². The predicted molar refractivity (Wildman–Crippen MR) is 171 cm³/mol. The number of carbonyl (C=O) groups excluding carboxylic acids is 2. The second kappa shape index (κ2) is 24.8. The smallest absolute Gasteiger partial charge is 0.330 e. The molecule has 0 heterocycles. The Morgan fingerprint density at radius 3 is 1.78 bits per heavy atom. The molecular formula is C35H62N2O4. The molecule has 0 saturated carbocycles. The number of rotatable bonds is 26. The van der Waals surface area contributed by atoms with E-state index in [4.69, 9.17) is 10.5 Å². The molecule has 6 nitrogen and oxygen atoms in total. The van der Waals surface area contributed by atoms with Gasteiger partial charge in [-0.1, -0.05) is 147 Å². The molecule has 6 heteroatoms. The fourth-order valence-electron chi connectivity index (χ4n) is 5.14. The molecule has 236 valence electrons. The van der Waals surface area contributed by atoms with Gasteiger partial charge in [-0.05, 0) is 37.3 Å². The Balaban J connectivity index is 2.21. The lowest BCUT2D eigenvalue weighted by atomic mass is 9.98. The summed E-state index contributed by atoms with van der Waals surface area (Å²) in [4.78, 5) is 24.1. The van der Waals surface area contributed by atoms with E-state index in [-0.39, 0.29) is 24.8 Å². The third-order valence-corrected chi connectivity index (χ3v) is 8.05. The molecule has 0 saturated heterocycles. The molecule has 0 aliphatic rings. The zero-order valence-electron chi connectivity index (χ0n) is 26.6. The number of hydrogen-bond donors (Lipinski definition) is 3. The summed E-state index contributed by atoms with van der Waals surface area (Å²) in [5.41, 5.74) is 6.90. The summed E-state index contributed by atoms with van der Waals surface area (Å²) in [7, 11) is 0. The van der Waals surface area contributed by atoms with Crippen LogP contribution in [0.1, 0.15) is 142 Å². The van der Waals surface area contributed by atoms with Crippen LogP contribution in [0.5, 0.6) is 0 Å². The van der Waals surface area contributed by atoms with Crippen LogP contribution in [0.2, 0.25) is 0 Å². The molecule has 3 atom stereocenters. The third-order valence-electron chi connectivity index (χ3n) is 8.05. The average Bonchev–Trinajstić information content (AvgIpc) is 2.96. The van der Waals surface area contributed by atoms with Gasteiger partial charge in [0.15, 0.2) is 0 Å². The molecule has 0 spiro atoms. The summed E-state index contributed by atoms with van der Waals surface area (Å²) in [5, 5.41) is 14.4. The first-order chi connectivity index (χ1) is 19.8. The van der Waals surface area contributed by atoms with Crippen molar-refractivity contribution >= 4 is 11.9 Å². The van der Waals surface area contributed by atoms with Gasteiger partial charge in [-0.25, -0.2) is 4.79 Å². The highest BCUT2D eigenvalue weighted by atomic mass is 16.6. The molecule has 1 aromatic carbocycles.